The van der Waals surface area contributed by atoms with Crippen LogP contribution < -0.4 is 0 Å². The molecule has 2 heterocycles. The van der Waals surface area contributed by atoms with Crippen molar-refractivity contribution in [3.63, 3.8) is 0 Å². The first-order valence-electron chi connectivity index (χ1n) is 6.45. The molecule has 0 aliphatic carbocycles. The fraction of sp³-hybridized carbons (Fsp3) is 0.923. The predicted molar refractivity (Wildman–Crippen MR) is 67.1 cm³/mol. The van der Waals surface area contributed by atoms with Crippen LogP contribution in [0.5, 0.6) is 0 Å². The SMILES string of the molecule is CN1CCN(CC2(C=O)CCOC2)CC1(C)C. The number of likely N-dealkylation sites (N-methyl/N-ethyl adjacent to an activating group) is 1. The van der Waals surface area contributed by atoms with Gasteiger partial charge in [-0.2, -0.15) is 0 Å². The summed E-state index contributed by atoms with van der Waals surface area (Å²) in [6, 6.07) is 0. The molecule has 4 heteroatoms. The van der Waals surface area contributed by atoms with Crippen LogP contribution in [0.1, 0.15) is 20.3 Å². The summed E-state index contributed by atoms with van der Waals surface area (Å²) in [5, 5.41) is 0. The maximum absolute atomic E-state index is 11.3. The van der Waals surface area contributed by atoms with Gasteiger partial charge >= 0.3 is 0 Å². The Morgan fingerprint density at radius 1 is 1.35 bits per heavy atom. The molecule has 2 aliphatic heterocycles. The average Bonchev–Trinajstić information content (AvgIpc) is 2.72. The standard InChI is InChI=1S/C13H24N2O2/c1-12(2)8-15(6-5-14(12)3)9-13(10-16)4-7-17-11-13/h10H,4-9,11H2,1-3H3. The van der Waals surface area contributed by atoms with Crippen molar-refractivity contribution in [2.45, 2.75) is 25.8 Å². The summed E-state index contributed by atoms with van der Waals surface area (Å²) < 4.78 is 5.40. The minimum absolute atomic E-state index is 0.196. The number of rotatable bonds is 3. The van der Waals surface area contributed by atoms with E-state index in [2.05, 4.69) is 30.7 Å². The predicted octanol–water partition coefficient (Wildman–Crippen LogP) is 0.618. The van der Waals surface area contributed by atoms with Crippen LogP contribution >= 0.6 is 0 Å². The number of nitrogens with zero attached hydrogens (tertiary/aromatic N) is 2. The molecular weight excluding hydrogens is 216 g/mol. The van der Waals surface area contributed by atoms with E-state index in [1.807, 2.05) is 0 Å². The molecular formula is C13H24N2O2. The molecule has 1 atom stereocenters. The van der Waals surface area contributed by atoms with Crippen molar-refractivity contribution >= 4 is 6.29 Å². The second kappa shape index (κ2) is 4.67. The Kier molecular flexibility index (Phi) is 3.57. The second-order valence-corrected chi connectivity index (χ2v) is 6.23. The highest BCUT2D eigenvalue weighted by Crippen LogP contribution is 2.29. The third-order valence-corrected chi connectivity index (χ3v) is 4.32. The van der Waals surface area contributed by atoms with E-state index in [4.69, 9.17) is 4.74 Å². The van der Waals surface area contributed by atoms with Crippen molar-refractivity contribution in [2.24, 2.45) is 5.41 Å². The smallest absolute Gasteiger partial charge is 0.129 e. The van der Waals surface area contributed by atoms with E-state index in [0.29, 0.717) is 6.61 Å². The number of hydrogen-bond acceptors (Lipinski definition) is 4. The van der Waals surface area contributed by atoms with Crippen LogP contribution in [0.3, 0.4) is 0 Å². The number of carbonyl (C=O) groups is 1. The summed E-state index contributed by atoms with van der Waals surface area (Å²) in [6.45, 7) is 9.86. The maximum Gasteiger partial charge on any atom is 0.129 e. The summed E-state index contributed by atoms with van der Waals surface area (Å²) in [5.41, 5.74) is -0.0478. The van der Waals surface area contributed by atoms with Gasteiger partial charge in [-0.1, -0.05) is 0 Å². The lowest BCUT2D eigenvalue weighted by atomic mass is 9.87. The number of hydrogen-bond donors (Lipinski definition) is 0. The van der Waals surface area contributed by atoms with Gasteiger partial charge in [0.05, 0.1) is 12.0 Å². The molecule has 98 valence electrons. The van der Waals surface area contributed by atoms with Gasteiger partial charge in [-0.05, 0) is 27.3 Å². The maximum atomic E-state index is 11.3. The summed E-state index contributed by atoms with van der Waals surface area (Å²) >= 11 is 0. The van der Waals surface area contributed by atoms with Crippen molar-refractivity contribution in [1.29, 1.82) is 0 Å². The molecule has 0 N–H and O–H groups in total. The third-order valence-electron chi connectivity index (χ3n) is 4.32. The fourth-order valence-electron chi connectivity index (χ4n) is 2.80. The highest BCUT2D eigenvalue weighted by atomic mass is 16.5. The normalized spacial score (nSPS) is 35.0. The van der Waals surface area contributed by atoms with Gasteiger partial charge in [0.2, 0.25) is 0 Å². The summed E-state index contributed by atoms with van der Waals surface area (Å²) in [4.78, 5) is 16.1. The highest BCUT2D eigenvalue weighted by molar-refractivity contribution is 5.60. The zero-order valence-electron chi connectivity index (χ0n) is 11.2. The lowest BCUT2D eigenvalue weighted by Gasteiger charge is -2.46. The van der Waals surface area contributed by atoms with Crippen LogP contribution in [-0.2, 0) is 9.53 Å². The molecule has 0 saturated carbocycles. The van der Waals surface area contributed by atoms with Crippen LogP contribution in [0.4, 0.5) is 0 Å². The molecule has 2 fully saturated rings. The average molecular weight is 240 g/mol. The molecule has 0 aromatic carbocycles. The first-order valence-corrected chi connectivity index (χ1v) is 6.45. The lowest BCUT2D eigenvalue weighted by Crippen LogP contribution is -2.59. The van der Waals surface area contributed by atoms with Gasteiger partial charge < -0.3 is 9.53 Å². The summed E-state index contributed by atoms with van der Waals surface area (Å²) in [5.74, 6) is 0. The summed E-state index contributed by atoms with van der Waals surface area (Å²) in [7, 11) is 2.17. The van der Waals surface area contributed by atoms with Gasteiger partial charge in [-0.25, -0.2) is 0 Å². The number of aldehydes is 1. The Morgan fingerprint density at radius 2 is 2.12 bits per heavy atom. The molecule has 2 saturated heterocycles. The van der Waals surface area contributed by atoms with Crippen molar-refractivity contribution in [3.8, 4) is 0 Å². The molecule has 0 aromatic rings. The lowest BCUT2D eigenvalue weighted by molar-refractivity contribution is -0.118. The van der Waals surface area contributed by atoms with Gasteiger partial charge in [0, 0.05) is 38.3 Å². The van der Waals surface area contributed by atoms with Gasteiger partial charge in [0.15, 0.2) is 0 Å². The monoisotopic (exact) mass is 240 g/mol. The van der Waals surface area contributed by atoms with Crippen LogP contribution in [0.25, 0.3) is 0 Å². The van der Waals surface area contributed by atoms with Gasteiger partial charge in [-0.3, -0.25) is 9.80 Å². The quantitative estimate of drug-likeness (QED) is 0.677. The van der Waals surface area contributed by atoms with Crippen molar-refractivity contribution in [1.82, 2.24) is 9.80 Å². The molecule has 0 amide bonds. The zero-order chi connectivity index (χ0) is 12.5. The Bertz CT molecular complexity index is 285. The zero-order valence-corrected chi connectivity index (χ0v) is 11.2. The van der Waals surface area contributed by atoms with E-state index in [1.54, 1.807) is 0 Å². The Hall–Kier alpha value is -0.450. The van der Waals surface area contributed by atoms with Gasteiger partial charge in [0.1, 0.15) is 6.29 Å². The molecule has 0 bridgehead atoms. The highest BCUT2D eigenvalue weighted by Gasteiger charge is 2.39. The van der Waals surface area contributed by atoms with Crippen LogP contribution in [0.2, 0.25) is 0 Å². The largest absolute Gasteiger partial charge is 0.380 e. The van der Waals surface area contributed by atoms with Crippen molar-refractivity contribution in [2.75, 3.05) is 46.4 Å². The molecule has 0 radical (unpaired) electrons. The molecule has 2 aliphatic rings. The molecule has 0 aromatic heterocycles. The Balaban J connectivity index is 1.97. The Morgan fingerprint density at radius 3 is 2.65 bits per heavy atom. The van der Waals surface area contributed by atoms with Crippen LogP contribution in [-0.4, -0.2) is 68.1 Å². The van der Waals surface area contributed by atoms with E-state index in [9.17, 15) is 4.79 Å². The van der Waals surface area contributed by atoms with Crippen LogP contribution in [0.15, 0.2) is 0 Å². The number of ether oxygens (including phenoxy) is 1. The summed E-state index contributed by atoms with van der Waals surface area (Å²) in [6.07, 6.45) is 1.99. The van der Waals surface area contributed by atoms with Crippen molar-refractivity contribution < 1.29 is 9.53 Å². The van der Waals surface area contributed by atoms with E-state index in [-0.39, 0.29) is 11.0 Å². The van der Waals surface area contributed by atoms with E-state index < -0.39 is 0 Å². The van der Waals surface area contributed by atoms with E-state index >= 15 is 0 Å². The Labute approximate surface area is 104 Å². The van der Waals surface area contributed by atoms with Crippen LogP contribution in [0, 0.1) is 5.41 Å². The molecule has 2 rings (SSSR count). The minimum Gasteiger partial charge on any atom is -0.380 e. The molecule has 1 unspecified atom stereocenters. The third kappa shape index (κ3) is 2.69. The first-order chi connectivity index (χ1) is 7.97. The topological polar surface area (TPSA) is 32.8 Å². The molecule has 4 nitrogen and oxygen atoms in total. The minimum atomic E-state index is -0.244. The molecule has 0 spiro atoms. The number of carbonyl (C=O) groups excluding carboxylic acids is 1. The van der Waals surface area contributed by atoms with Gasteiger partial charge in [0.25, 0.3) is 0 Å². The second-order valence-electron chi connectivity index (χ2n) is 6.23. The van der Waals surface area contributed by atoms with E-state index in [0.717, 1.165) is 45.5 Å². The van der Waals surface area contributed by atoms with E-state index in [1.165, 1.54) is 0 Å². The van der Waals surface area contributed by atoms with Crippen molar-refractivity contribution in [3.05, 3.63) is 0 Å². The molecule has 17 heavy (non-hydrogen) atoms. The first kappa shape index (κ1) is 13.0. The van der Waals surface area contributed by atoms with Gasteiger partial charge in [-0.15, -0.1) is 0 Å². The number of piperazine rings is 1. The fourth-order valence-corrected chi connectivity index (χ4v) is 2.80.